The Morgan fingerprint density at radius 1 is 1.23 bits per heavy atom. The van der Waals surface area contributed by atoms with Gasteiger partial charge in [0.2, 0.25) is 0 Å². The van der Waals surface area contributed by atoms with Crippen LogP contribution in [-0.4, -0.2) is 47.3 Å². The average molecular weight is 426 g/mol. The first-order valence-electron chi connectivity index (χ1n) is 9.41. The van der Waals surface area contributed by atoms with Crippen LogP contribution in [-0.2, 0) is 9.53 Å². The van der Waals surface area contributed by atoms with E-state index in [9.17, 15) is 14.7 Å². The smallest absolute Gasteiger partial charge is 0.338 e. The maximum Gasteiger partial charge on any atom is 0.338 e. The monoisotopic (exact) mass is 426 g/mol. The molecule has 8 heteroatoms. The van der Waals surface area contributed by atoms with Crippen LogP contribution in [0.15, 0.2) is 52.4 Å². The lowest BCUT2D eigenvalue weighted by Crippen LogP contribution is -2.28. The minimum absolute atomic E-state index is 0.0310. The van der Waals surface area contributed by atoms with Gasteiger partial charge in [-0.15, -0.1) is 0 Å². The Hall–Kier alpha value is -3.26. The molecule has 2 aromatic rings. The molecule has 0 bridgehead atoms. The zero-order valence-electron chi connectivity index (χ0n) is 16.9. The molecule has 1 fully saturated rings. The molecule has 0 aromatic heterocycles. The number of amidine groups is 1. The quantitative estimate of drug-likeness (QED) is 0.550. The van der Waals surface area contributed by atoms with Gasteiger partial charge in [-0.05, 0) is 56.0 Å². The van der Waals surface area contributed by atoms with Crippen molar-refractivity contribution in [3.05, 3.63) is 58.5 Å². The van der Waals surface area contributed by atoms with Gasteiger partial charge in [0.1, 0.15) is 0 Å². The highest BCUT2D eigenvalue weighted by Gasteiger charge is 2.32. The minimum atomic E-state index is -0.420. The molecule has 1 N–H and O–H groups in total. The van der Waals surface area contributed by atoms with Gasteiger partial charge in [-0.25, -0.2) is 9.79 Å². The van der Waals surface area contributed by atoms with Crippen LogP contribution < -0.4 is 4.74 Å². The van der Waals surface area contributed by atoms with E-state index >= 15 is 0 Å². The Labute approximate surface area is 179 Å². The zero-order chi connectivity index (χ0) is 21.7. The molecular weight excluding hydrogens is 404 g/mol. The molecule has 0 unspecified atom stereocenters. The predicted molar refractivity (Wildman–Crippen MR) is 117 cm³/mol. The number of phenolic OH excluding ortho intramolecular Hbond substituents is 1. The molecule has 3 rings (SSSR count). The molecule has 0 saturated carbocycles. The number of methoxy groups -OCH3 is 1. The van der Waals surface area contributed by atoms with Crippen LogP contribution in [0.2, 0.25) is 0 Å². The summed E-state index contributed by atoms with van der Waals surface area (Å²) in [6.45, 7) is 4.32. The molecule has 0 atom stereocenters. The maximum atomic E-state index is 12.8. The number of esters is 1. The SMILES string of the molecule is CCOC(=O)c1cccc(N=C2SC(=Cc3cccc(OC)c3O)C(=O)N2CC)c1. The summed E-state index contributed by atoms with van der Waals surface area (Å²) in [6, 6.07) is 11.8. The van der Waals surface area contributed by atoms with E-state index in [1.807, 2.05) is 6.92 Å². The van der Waals surface area contributed by atoms with E-state index in [2.05, 4.69) is 4.99 Å². The summed E-state index contributed by atoms with van der Waals surface area (Å²) < 4.78 is 10.1. The van der Waals surface area contributed by atoms with Crippen molar-refractivity contribution in [2.45, 2.75) is 13.8 Å². The average Bonchev–Trinajstić information content (AvgIpc) is 3.03. The number of carbonyl (C=O) groups excluding carboxylic acids is 2. The van der Waals surface area contributed by atoms with Gasteiger partial charge in [0, 0.05) is 12.1 Å². The molecule has 1 aliphatic rings. The Kier molecular flexibility index (Phi) is 6.79. The first-order valence-corrected chi connectivity index (χ1v) is 10.2. The van der Waals surface area contributed by atoms with Crippen molar-refractivity contribution >= 4 is 40.6 Å². The number of benzene rings is 2. The van der Waals surface area contributed by atoms with E-state index in [4.69, 9.17) is 9.47 Å². The molecule has 30 heavy (non-hydrogen) atoms. The number of ether oxygens (including phenoxy) is 2. The number of rotatable bonds is 6. The lowest BCUT2D eigenvalue weighted by atomic mass is 10.1. The van der Waals surface area contributed by atoms with Crippen LogP contribution in [0.1, 0.15) is 29.8 Å². The highest BCUT2D eigenvalue weighted by molar-refractivity contribution is 8.18. The van der Waals surface area contributed by atoms with Crippen molar-refractivity contribution in [3.63, 3.8) is 0 Å². The first kappa shape index (κ1) is 21.4. The van der Waals surface area contributed by atoms with Gasteiger partial charge in [-0.3, -0.25) is 9.69 Å². The van der Waals surface area contributed by atoms with Crippen LogP contribution in [0.3, 0.4) is 0 Å². The van der Waals surface area contributed by atoms with Crippen molar-refractivity contribution in [1.82, 2.24) is 4.90 Å². The Morgan fingerprint density at radius 2 is 2.00 bits per heavy atom. The summed E-state index contributed by atoms with van der Waals surface area (Å²) in [5, 5.41) is 10.8. The van der Waals surface area contributed by atoms with E-state index in [1.54, 1.807) is 60.4 Å². The highest BCUT2D eigenvalue weighted by atomic mass is 32.2. The normalized spacial score (nSPS) is 16.4. The fourth-order valence-electron chi connectivity index (χ4n) is 2.86. The molecule has 2 aromatic carbocycles. The van der Waals surface area contributed by atoms with E-state index in [0.29, 0.717) is 39.2 Å². The molecule has 7 nitrogen and oxygen atoms in total. The first-order chi connectivity index (χ1) is 14.5. The number of thioether (sulfide) groups is 1. The second-order valence-electron chi connectivity index (χ2n) is 6.22. The number of carbonyl (C=O) groups is 2. The summed E-state index contributed by atoms with van der Waals surface area (Å²) in [6.07, 6.45) is 1.62. The third-order valence-electron chi connectivity index (χ3n) is 4.32. The number of aromatic hydroxyl groups is 1. The van der Waals surface area contributed by atoms with Gasteiger partial charge >= 0.3 is 5.97 Å². The molecule has 0 spiro atoms. The van der Waals surface area contributed by atoms with Gasteiger partial charge in [-0.2, -0.15) is 0 Å². The maximum absolute atomic E-state index is 12.8. The van der Waals surface area contributed by atoms with Gasteiger partial charge < -0.3 is 14.6 Å². The van der Waals surface area contributed by atoms with Crippen molar-refractivity contribution in [3.8, 4) is 11.5 Å². The molecule has 1 aliphatic heterocycles. The Bertz CT molecular complexity index is 1030. The van der Waals surface area contributed by atoms with Crippen LogP contribution in [0.4, 0.5) is 5.69 Å². The largest absolute Gasteiger partial charge is 0.504 e. The fraction of sp³-hybridized carbons (Fsp3) is 0.227. The van der Waals surface area contributed by atoms with Gasteiger partial charge in [-0.1, -0.05) is 18.2 Å². The fourth-order valence-corrected chi connectivity index (χ4v) is 3.91. The Balaban J connectivity index is 1.93. The van der Waals surface area contributed by atoms with Crippen molar-refractivity contribution in [2.24, 2.45) is 4.99 Å². The van der Waals surface area contributed by atoms with E-state index < -0.39 is 5.97 Å². The third-order valence-corrected chi connectivity index (χ3v) is 5.33. The number of hydrogen-bond acceptors (Lipinski definition) is 7. The summed E-state index contributed by atoms with van der Waals surface area (Å²) in [5.74, 6) is -0.325. The van der Waals surface area contributed by atoms with Gasteiger partial charge in [0.05, 0.1) is 29.9 Å². The number of para-hydroxylation sites is 1. The van der Waals surface area contributed by atoms with Crippen molar-refractivity contribution < 1.29 is 24.2 Å². The Morgan fingerprint density at radius 3 is 2.70 bits per heavy atom. The van der Waals surface area contributed by atoms with E-state index in [0.717, 1.165) is 0 Å². The second-order valence-corrected chi connectivity index (χ2v) is 7.23. The standard InChI is InChI=1S/C22H22N2O5S/c1-4-24-20(26)18(13-14-8-7-11-17(28-3)19(14)25)30-22(24)23-16-10-6-9-15(12-16)21(27)29-5-2/h6-13,25H,4-5H2,1-3H3. The van der Waals surface area contributed by atoms with Gasteiger partial charge in [0.25, 0.3) is 5.91 Å². The number of hydrogen-bond donors (Lipinski definition) is 1. The highest BCUT2D eigenvalue weighted by Crippen LogP contribution is 2.37. The minimum Gasteiger partial charge on any atom is -0.504 e. The molecule has 156 valence electrons. The number of phenols is 1. The molecular formula is C22H22N2O5S. The van der Waals surface area contributed by atoms with Crippen LogP contribution in [0.25, 0.3) is 6.08 Å². The number of likely N-dealkylation sites (N-methyl/N-ethyl adjacent to an activating group) is 1. The third kappa shape index (κ3) is 4.49. The number of amides is 1. The van der Waals surface area contributed by atoms with E-state index in [1.165, 1.54) is 18.9 Å². The summed E-state index contributed by atoms with van der Waals surface area (Å²) in [5.41, 5.74) is 1.42. The second kappa shape index (κ2) is 9.49. The molecule has 1 amide bonds. The van der Waals surface area contributed by atoms with Crippen molar-refractivity contribution in [2.75, 3.05) is 20.3 Å². The topological polar surface area (TPSA) is 88.4 Å². The van der Waals surface area contributed by atoms with Crippen LogP contribution in [0.5, 0.6) is 11.5 Å². The summed E-state index contributed by atoms with van der Waals surface area (Å²) in [4.78, 5) is 31.3. The lowest BCUT2D eigenvalue weighted by Gasteiger charge is -2.12. The summed E-state index contributed by atoms with van der Waals surface area (Å²) in [7, 11) is 1.47. The zero-order valence-corrected chi connectivity index (χ0v) is 17.7. The van der Waals surface area contributed by atoms with Crippen LogP contribution >= 0.6 is 11.8 Å². The number of aliphatic imine (C=N–C) groups is 1. The van der Waals surface area contributed by atoms with Crippen molar-refractivity contribution in [1.29, 1.82) is 0 Å². The molecule has 0 aliphatic carbocycles. The predicted octanol–water partition coefficient (Wildman–Crippen LogP) is 4.20. The number of nitrogens with zero attached hydrogens (tertiary/aromatic N) is 2. The van der Waals surface area contributed by atoms with E-state index in [-0.39, 0.29) is 18.3 Å². The van der Waals surface area contributed by atoms with Gasteiger partial charge in [0.15, 0.2) is 16.7 Å². The molecule has 1 heterocycles. The molecule has 1 saturated heterocycles. The molecule has 0 radical (unpaired) electrons. The lowest BCUT2D eigenvalue weighted by molar-refractivity contribution is -0.122. The summed E-state index contributed by atoms with van der Waals surface area (Å²) >= 11 is 1.21. The van der Waals surface area contributed by atoms with Crippen LogP contribution in [0, 0.1) is 0 Å².